The summed E-state index contributed by atoms with van der Waals surface area (Å²) in [5.74, 6) is -0.285. The third-order valence-corrected chi connectivity index (χ3v) is 8.21. The van der Waals surface area contributed by atoms with Gasteiger partial charge in [-0.3, -0.25) is 0 Å². The van der Waals surface area contributed by atoms with Gasteiger partial charge in [0.05, 0.1) is 5.56 Å². The van der Waals surface area contributed by atoms with Crippen LogP contribution in [0.25, 0.3) is 11.1 Å². The lowest BCUT2D eigenvalue weighted by atomic mass is 9.79. The Morgan fingerprint density at radius 1 is 0.703 bits per heavy atom. The highest BCUT2D eigenvalue weighted by atomic mass is 32.1. The minimum Gasteiger partial charge on any atom is -0.441 e. The Balaban J connectivity index is 1.67. The SMILES string of the molecule is CCN(CC)c1ccc(C2(c3ccc(N(CC)CC)cc3)OC(=O)c3cc(-c4ccsc4)ccc32)cc1. The summed E-state index contributed by atoms with van der Waals surface area (Å²) in [5, 5.41) is 4.16. The van der Waals surface area contributed by atoms with Crippen LogP contribution in [-0.4, -0.2) is 32.1 Å². The Hall–Kier alpha value is -3.57. The number of fused-ring (bicyclic) bond motifs is 1. The zero-order chi connectivity index (χ0) is 26.0. The molecule has 1 aliphatic rings. The molecule has 0 saturated carbocycles. The maximum Gasteiger partial charge on any atom is 0.340 e. The molecule has 3 aromatic carbocycles. The van der Waals surface area contributed by atoms with Crippen molar-refractivity contribution in [1.82, 2.24) is 0 Å². The highest BCUT2D eigenvalue weighted by molar-refractivity contribution is 7.08. The van der Waals surface area contributed by atoms with Crippen LogP contribution in [0.4, 0.5) is 11.4 Å². The van der Waals surface area contributed by atoms with E-state index in [1.54, 1.807) is 11.3 Å². The lowest BCUT2D eigenvalue weighted by Crippen LogP contribution is -2.30. The summed E-state index contributed by atoms with van der Waals surface area (Å²) in [6.45, 7) is 12.4. The van der Waals surface area contributed by atoms with Crippen molar-refractivity contribution < 1.29 is 9.53 Å². The maximum absolute atomic E-state index is 13.4. The minimum absolute atomic E-state index is 0.285. The molecule has 0 spiro atoms. The zero-order valence-electron chi connectivity index (χ0n) is 22.0. The largest absolute Gasteiger partial charge is 0.441 e. The molecule has 0 atom stereocenters. The van der Waals surface area contributed by atoms with E-state index >= 15 is 0 Å². The Kier molecular flexibility index (Phi) is 7.07. The van der Waals surface area contributed by atoms with Crippen molar-refractivity contribution in [2.45, 2.75) is 33.3 Å². The van der Waals surface area contributed by atoms with Gasteiger partial charge in [0.15, 0.2) is 5.60 Å². The van der Waals surface area contributed by atoms with E-state index in [1.165, 1.54) is 0 Å². The number of hydrogen-bond donors (Lipinski definition) is 0. The molecule has 4 aromatic rings. The fourth-order valence-corrected chi connectivity index (χ4v) is 6.13. The second kappa shape index (κ2) is 10.4. The number of cyclic esters (lactones) is 1. The third-order valence-electron chi connectivity index (χ3n) is 7.52. The average molecular weight is 511 g/mol. The smallest absolute Gasteiger partial charge is 0.340 e. The van der Waals surface area contributed by atoms with Gasteiger partial charge in [-0.05, 0) is 86.0 Å². The van der Waals surface area contributed by atoms with Crippen LogP contribution < -0.4 is 9.80 Å². The molecule has 5 rings (SSSR count). The minimum atomic E-state index is -0.997. The molecule has 0 unspecified atom stereocenters. The predicted octanol–water partition coefficient (Wildman–Crippen LogP) is 7.57. The first-order valence-electron chi connectivity index (χ1n) is 13.2. The monoisotopic (exact) mass is 510 g/mol. The molecule has 0 fully saturated rings. The lowest BCUT2D eigenvalue weighted by Gasteiger charge is -2.32. The number of rotatable bonds is 9. The van der Waals surface area contributed by atoms with Crippen molar-refractivity contribution >= 4 is 28.7 Å². The summed E-state index contributed by atoms with van der Waals surface area (Å²) >= 11 is 1.65. The summed E-state index contributed by atoms with van der Waals surface area (Å²) in [6, 6.07) is 25.2. The Bertz CT molecular complexity index is 1300. The molecule has 1 aromatic heterocycles. The van der Waals surface area contributed by atoms with E-state index in [0.717, 1.165) is 65.4 Å². The highest BCUT2D eigenvalue weighted by Gasteiger charge is 2.48. The van der Waals surface area contributed by atoms with Crippen LogP contribution in [0.2, 0.25) is 0 Å². The summed E-state index contributed by atoms with van der Waals surface area (Å²) in [4.78, 5) is 18.1. The second-order valence-electron chi connectivity index (χ2n) is 9.28. The van der Waals surface area contributed by atoms with Gasteiger partial charge in [-0.1, -0.05) is 36.4 Å². The molecular formula is C32H34N2O2S. The molecule has 1 aliphatic heterocycles. The van der Waals surface area contributed by atoms with E-state index in [1.807, 2.05) is 6.07 Å². The first-order chi connectivity index (χ1) is 18.0. The molecule has 0 saturated heterocycles. The molecule has 0 radical (unpaired) electrons. The van der Waals surface area contributed by atoms with Crippen LogP contribution in [0.15, 0.2) is 83.6 Å². The van der Waals surface area contributed by atoms with E-state index in [0.29, 0.717) is 5.56 Å². The van der Waals surface area contributed by atoms with Gasteiger partial charge in [-0.25, -0.2) is 4.79 Å². The molecule has 5 heteroatoms. The number of nitrogens with zero attached hydrogens (tertiary/aromatic N) is 2. The molecule has 0 bridgehead atoms. The van der Waals surface area contributed by atoms with Gasteiger partial charge in [-0.2, -0.15) is 11.3 Å². The second-order valence-corrected chi connectivity index (χ2v) is 10.1. The van der Waals surface area contributed by atoms with Crippen molar-refractivity contribution in [3.8, 4) is 11.1 Å². The molecule has 37 heavy (non-hydrogen) atoms. The van der Waals surface area contributed by atoms with Crippen LogP contribution in [0.3, 0.4) is 0 Å². The number of esters is 1. The maximum atomic E-state index is 13.4. The Morgan fingerprint density at radius 2 is 1.24 bits per heavy atom. The van der Waals surface area contributed by atoms with Crippen molar-refractivity contribution in [1.29, 1.82) is 0 Å². The molecule has 0 aliphatic carbocycles. The quantitative estimate of drug-likeness (QED) is 0.217. The van der Waals surface area contributed by atoms with Gasteiger partial charge in [0.25, 0.3) is 0 Å². The number of anilines is 2. The molecule has 2 heterocycles. The van der Waals surface area contributed by atoms with Gasteiger partial charge >= 0.3 is 5.97 Å². The Labute approximate surface area is 224 Å². The van der Waals surface area contributed by atoms with E-state index in [2.05, 4.69) is 115 Å². The molecule has 0 N–H and O–H groups in total. The fourth-order valence-electron chi connectivity index (χ4n) is 5.46. The third kappa shape index (κ3) is 4.31. The van der Waals surface area contributed by atoms with Crippen molar-refractivity contribution in [3.05, 3.63) is 106 Å². The fraction of sp³-hybridized carbons (Fsp3) is 0.281. The van der Waals surface area contributed by atoms with E-state index in [-0.39, 0.29) is 5.97 Å². The number of carbonyl (C=O) groups excluding carboxylic acids is 1. The zero-order valence-corrected chi connectivity index (χ0v) is 22.8. The summed E-state index contributed by atoms with van der Waals surface area (Å²) in [7, 11) is 0. The summed E-state index contributed by atoms with van der Waals surface area (Å²) in [6.07, 6.45) is 0. The van der Waals surface area contributed by atoms with Crippen molar-refractivity contribution in [2.75, 3.05) is 36.0 Å². The molecule has 190 valence electrons. The van der Waals surface area contributed by atoms with Crippen LogP contribution in [0.5, 0.6) is 0 Å². The van der Waals surface area contributed by atoms with Gasteiger partial charge in [0.1, 0.15) is 0 Å². The molecule has 0 amide bonds. The van der Waals surface area contributed by atoms with Crippen molar-refractivity contribution in [2.24, 2.45) is 0 Å². The molecule has 4 nitrogen and oxygen atoms in total. The number of hydrogen-bond acceptors (Lipinski definition) is 5. The first-order valence-corrected chi connectivity index (χ1v) is 14.1. The van der Waals surface area contributed by atoms with Gasteiger partial charge in [0, 0.05) is 54.2 Å². The van der Waals surface area contributed by atoms with Crippen LogP contribution >= 0.6 is 11.3 Å². The number of benzene rings is 3. The normalized spacial score (nSPS) is 13.8. The average Bonchev–Trinajstić information content (AvgIpc) is 3.58. The Morgan fingerprint density at radius 3 is 1.70 bits per heavy atom. The summed E-state index contributed by atoms with van der Waals surface area (Å²) in [5.41, 5.74) is 6.90. The van der Waals surface area contributed by atoms with Gasteiger partial charge in [0.2, 0.25) is 0 Å². The van der Waals surface area contributed by atoms with Gasteiger partial charge < -0.3 is 14.5 Å². The van der Waals surface area contributed by atoms with Crippen LogP contribution in [-0.2, 0) is 10.3 Å². The lowest BCUT2D eigenvalue weighted by molar-refractivity contribution is 0.0251. The van der Waals surface area contributed by atoms with Crippen LogP contribution in [0, 0.1) is 0 Å². The predicted molar refractivity (Wildman–Crippen MR) is 155 cm³/mol. The number of ether oxygens (including phenoxy) is 1. The number of thiophene rings is 1. The van der Waals surface area contributed by atoms with Crippen molar-refractivity contribution in [3.63, 3.8) is 0 Å². The molecular weight excluding hydrogens is 476 g/mol. The van der Waals surface area contributed by atoms with Gasteiger partial charge in [-0.15, -0.1) is 0 Å². The van der Waals surface area contributed by atoms with E-state index in [4.69, 9.17) is 4.74 Å². The number of carbonyl (C=O) groups is 1. The van der Waals surface area contributed by atoms with E-state index < -0.39 is 5.60 Å². The standard InChI is InChI=1S/C32H34N2O2S/c1-5-33(6-2)27-14-10-25(11-15-27)32(26-12-16-28(17-13-26)34(7-3)8-4)30-18-9-23(24-19-20-37-22-24)21-29(30)31(35)36-32/h9-22H,5-8H2,1-4H3. The van der Waals surface area contributed by atoms with E-state index in [9.17, 15) is 4.79 Å². The van der Waals surface area contributed by atoms with Crippen LogP contribution in [0.1, 0.15) is 54.7 Å². The topological polar surface area (TPSA) is 32.8 Å². The highest BCUT2D eigenvalue weighted by Crippen LogP contribution is 2.48. The summed E-state index contributed by atoms with van der Waals surface area (Å²) < 4.78 is 6.41. The first kappa shape index (κ1) is 25.1.